The van der Waals surface area contributed by atoms with Crippen LogP contribution in [0, 0.1) is 12.8 Å². The lowest BCUT2D eigenvalue weighted by Crippen LogP contribution is -2.32. The molecule has 1 aliphatic heterocycles. The molecule has 0 aliphatic carbocycles. The first-order chi connectivity index (χ1) is 9.49. The zero-order valence-electron chi connectivity index (χ0n) is 13.0. The highest BCUT2D eigenvalue weighted by atomic mass is 16.5. The summed E-state index contributed by atoms with van der Waals surface area (Å²) in [5.74, 6) is 3.21. The maximum absolute atomic E-state index is 6.03. The minimum absolute atomic E-state index is 0.281. The van der Waals surface area contributed by atoms with Crippen molar-refractivity contribution >= 4 is 11.6 Å². The average Bonchev–Trinajstić information content (AvgIpc) is 2.42. The van der Waals surface area contributed by atoms with E-state index in [1.54, 1.807) is 0 Å². The van der Waals surface area contributed by atoms with Crippen LogP contribution in [0.3, 0.4) is 0 Å². The van der Waals surface area contributed by atoms with Crippen molar-refractivity contribution in [1.29, 1.82) is 0 Å². The van der Waals surface area contributed by atoms with Gasteiger partial charge in [0.05, 0.1) is 6.61 Å². The molecule has 0 saturated carbocycles. The van der Waals surface area contributed by atoms with Crippen LogP contribution in [-0.4, -0.2) is 36.8 Å². The van der Waals surface area contributed by atoms with Crippen molar-refractivity contribution in [3.05, 3.63) is 11.4 Å². The molecule has 1 aromatic rings. The number of aromatic nitrogens is 2. The van der Waals surface area contributed by atoms with Gasteiger partial charge in [-0.1, -0.05) is 13.8 Å². The molecule has 112 valence electrons. The number of ether oxygens (including phenoxy) is 1. The minimum atomic E-state index is 0.281. The van der Waals surface area contributed by atoms with E-state index in [1.165, 1.54) is 6.42 Å². The fourth-order valence-electron chi connectivity index (χ4n) is 2.59. The molecule has 1 unspecified atom stereocenters. The number of nitrogens with zero attached hydrogens (tertiary/aromatic N) is 3. The molecule has 5 heteroatoms. The zero-order valence-corrected chi connectivity index (χ0v) is 13.0. The molecule has 1 fully saturated rings. The van der Waals surface area contributed by atoms with Crippen molar-refractivity contribution in [2.75, 3.05) is 37.4 Å². The van der Waals surface area contributed by atoms with E-state index in [1.807, 2.05) is 6.92 Å². The number of hydrogen-bond acceptors (Lipinski definition) is 5. The topological polar surface area (TPSA) is 64.3 Å². The maximum atomic E-state index is 6.03. The van der Waals surface area contributed by atoms with Crippen LogP contribution < -0.4 is 10.6 Å². The Bertz CT molecular complexity index is 455. The standard InChI is InChI=1S/C15H26N4O/c1-10(2)14-17-13(16)11(3)15(18-14)19(4)8-12-6-5-7-20-9-12/h10,12H,5-9H2,1-4H3,(H2,16,17,18). The fourth-order valence-corrected chi connectivity index (χ4v) is 2.59. The number of nitrogens with two attached hydrogens (primary N) is 1. The number of anilines is 2. The molecule has 2 N–H and O–H groups in total. The minimum Gasteiger partial charge on any atom is -0.383 e. The van der Waals surface area contributed by atoms with Crippen molar-refractivity contribution in [2.45, 2.75) is 39.5 Å². The second kappa shape index (κ2) is 6.39. The first-order valence-electron chi connectivity index (χ1n) is 7.42. The third-order valence-electron chi connectivity index (χ3n) is 3.84. The Morgan fingerprint density at radius 1 is 1.40 bits per heavy atom. The molecule has 5 nitrogen and oxygen atoms in total. The SMILES string of the molecule is Cc1c(N)nc(C(C)C)nc1N(C)CC1CCCOC1. The van der Waals surface area contributed by atoms with Gasteiger partial charge in [0.25, 0.3) is 0 Å². The Labute approximate surface area is 121 Å². The number of rotatable bonds is 4. The molecule has 1 atom stereocenters. The zero-order chi connectivity index (χ0) is 14.7. The molecule has 2 rings (SSSR count). The second-order valence-electron chi connectivity index (χ2n) is 6.03. The molecule has 2 heterocycles. The Balaban J connectivity index is 2.17. The predicted molar refractivity (Wildman–Crippen MR) is 82.1 cm³/mol. The highest BCUT2D eigenvalue weighted by molar-refractivity contribution is 5.56. The number of nitrogen functional groups attached to an aromatic ring is 1. The van der Waals surface area contributed by atoms with Crippen molar-refractivity contribution in [1.82, 2.24) is 9.97 Å². The summed E-state index contributed by atoms with van der Waals surface area (Å²) in [5.41, 5.74) is 6.99. The highest BCUT2D eigenvalue weighted by Gasteiger charge is 2.19. The summed E-state index contributed by atoms with van der Waals surface area (Å²) in [5, 5.41) is 0. The van der Waals surface area contributed by atoms with E-state index >= 15 is 0 Å². The summed E-state index contributed by atoms with van der Waals surface area (Å²) in [6.45, 7) is 8.86. The van der Waals surface area contributed by atoms with Crippen LogP contribution >= 0.6 is 0 Å². The molecular formula is C15H26N4O. The van der Waals surface area contributed by atoms with E-state index in [-0.39, 0.29) is 5.92 Å². The van der Waals surface area contributed by atoms with Crippen molar-refractivity contribution in [3.63, 3.8) is 0 Å². The van der Waals surface area contributed by atoms with Crippen molar-refractivity contribution in [2.24, 2.45) is 5.92 Å². The van der Waals surface area contributed by atoms with E-state index in [9.17, 15) is 0 Å². The molecule has 1 aliphatic rings. The average molecular weight is 278 g/mol. The molecule has 0 aromatic carbocycles. The molecule has 0 bridgehead atoms. The molecule has 0 radical (unpaired) electrons. The van der Waals surface area contributed by atoms with Crippen LogP contribution in [0.4, 0.5) is 11.6 Å². The smallest absolute Gasteiger partial charge is 0.137 e. The first kappa shape index (κ1) is 15.0. The number of hydrogen-bond donors (Lipinski definition) is 1. The van der Waals surface area contributed by atoms with Crippen LogP contribution in [-0.2, 0) is 4.74 Å². The van der Waals surface area contributed by atoms with Gasteiger partial charge in [0.2, 0.25) is 0 Å². The molecule has 0 amide bonds. The van der Waals surface area contributed by atoms with Gasteiger partial charge in [-0.25, -0.2) is 9.97 Å². The van der Waals surface area contributed by atoms with Gasteiger partial charge in [-0.3, -0.25) is 0 Å². The Morgan fingerprint density at radius 3 is 2.75 bits per heavy atom. The van der Waals surface area contributed by atoms with E-state index in [2.05, 4.69) is 30.8 Å². The summed E-state index contributed by atoms with van der Waals surface area (Å²) < 4.78 is 5.55. The van der Waals surface area contributed by atoms with E-state index in [0.717, 1.165) is 43.4 Å². The first-order valence-corrected chi connectivity index (χ1v) is 7.42. The fraction of sp³-hybridized carbons (Fsp3) is 0.733. The third kappa shape index (κ3) is 3.39. The molecular weight excluding hydrogens is 252 g/mol. The lowest BCUT2D eigenvalue weighted by atomic mass is 10.0. The maximum Gasteiger partial charge on any atom is 0.137 e. The summed E-state index contributed by atoms with van der Waals surface area (Å²) >= 11 is 0. The van der Waals surface area contributed by atoms with Gasteiger partial charge < -0.3 is 15.4 Å². The van der Waals surface area contributed by atoms with Crippen LogP contribution in [0.2, 0.25) is 0 Å². The summed E-state index contributed by atoms with van der Waals surface area (Å²) in [6.07, 6.45) is 2.38. The van der Waals surface area contributed by atoms with Gasteiger partial charge in [0, 0.05) is 31.7 Å². The lowest BCUT2D eigenvalue weighted by molar-refractivity contribution is 0.0576. The van der Waals surface area contributed by atoms with E-state index in [0.29, 0.717) is 11.7 Å². The van der Waals surface area contributed by atoms with Crippen LogP contribution in [0.1, 0.15) is 44.0 Å². The predicted octanol–water partition coefficient (Wildman–Crippen LogP) is 2.35. The van der Waals surface area contributed by atoms with Gasteiger partial charge in [-0.15, -0.1) is 0 Å². The molecule has 1 aromatic heterocycles. The summed E-state index contributed by atoms with van der Waals surface area (Å²) in [4.78, 5) is 11.3. The van der Waals surface area contributed by atoms with E-state index < -0.39 is 0 Å². The Morgan fingerprint density at radius 2 is 2.15 bits per heavy atom. The van der Waals surface area contributed by atoms with Crippen molar-refractivity contribution < 1.29 is 4.74 Å². The highest BCUT2D eigenvalue weighted by Crippen LogP contribution is 2.25. The van der Waals surface area contributed by atoms with Crippen LogP contribution in [0.5, 0.6) is 0 Å². The van der Waals surface area contributed by atoms with Crippen LogP contribution in [0.15, 0.2) is 0 Å². The molecule has 20 heavy (non-hydrogen) atoms. The lowest BCUT2D eigenvalue weighted by Gasteiger charge is -2.29. The second-order valence-corrected chi connectivity index (χ2v) is 6.03. The van der Waals surface area contributed by atoms with Gasteiger partial charge in [0.15, 0.2) is 0 Å². The Hall–Kier alpha value is -1.36. The van der Waals surface area contributed by atoms with Crippen molar-refractivity contribution in [3.8, 4) is 0 Å². The largest absolute Gasteiger partial charge is 0.383 e. The van der Waals surface area contributed by atoms with Gasteiger partial charge in [-0.2, -0.15) is 0 Å². The molecule has 1 saturated heterocycles. The normalized spacial score (nSPS) is 19.4. The third-order valence-corrected chi connectivity index (χ3v) is 3.84. The Kier molecular flexibility index (Phi) is 4.81. The molecule has 0 spiro atoms. The monoisotopic (exact) mass is 278 g/mol. The van der Waals surface area contributed by atoms with E-state index in [4.69, 9.17) is 15.5 Å². The summed E-state index contributed by atoms with van der Waals surface area (Å²) in [6, 6.07) is 0. The quantitative estimate of drug-likeness (QED) is 0.916. The van der Waals surface area contributed by atoms with Crippen LogP contribution in [0.25, 0.3) is 0 Å². The van der Waals surface area contributed by atoms with Gasteiger partial charge in [-0.05, 0) is 25.7 Å². The summed E-state index contributed by atoms with van der Waals surface area (Å²) in [7, 11) is 2.08. The van der Waals surface area contributed by atoms with Gasteiger partial charge in [0.1, 0.15) is 17.5 Å². The van der Waals surface area contributed by atoms with Gasteiger partial charge >= 0.3 is 0 Å².